The Kier molecular flexibility index (Phi) is 5.93. The van der Waals surface area contributed by atoms with Crippen LogP contribution < -0.4 is 10.6 Å². The maximum absolute atomic E-state index is 12.2. The number of nitrogens with one attached hydrogen (secondary N) is 2. The Bertz CT molecular complexity index is 657. The molecule has 0 unspecified atom stereocenters. The van der Waals surface area contributed by atoms with E-state index in [0.717, 1.165) is 16.5 Å². The van der Waals surface area contributed by atoms with Gasteiger partial charge in [0.15, 0.2) is 5.11 Å². The molecule has 0 aliphatic rings. The smallest absolute Gasteiger partial charge is 0.269 e. The molecule has 0 fully saturated rings. The van der Waals surface area contributed by atoms with Gasteiger partial charge in [0, 0.05) is 30.3 Å². The summed E-state index contributed by atoms with van der Waals surface area (Å²) in [5.74, 6) is -0.287. The van der Waals surface area contributed by atoms with Crippen molar-refractivity contribution >= 4 is 56.3 Å². The van der Waals surface area contributed by atoms with Gasteiger partial charge < -0.3 is 10.1 Å². The van der Waals surface area contributed by atoms with Crippen molar-refractivity contribution in [2.45, 2.75) is 6.42 Å². The van der Waals surface area contributed by atoms with E-state index >= 15 is 0 Å². The highest BCUT2D eigenvalue weighted by Gasteiger charge is 2.17. The topological polar surface area (TPSA) is 50.4 Å². The average Bonchev–Trinajstić information content (AvgIpc) is 2.81. The van der Waals surface area contributed by atoms with Gasteiger partial charge in [-0.15, -0.1) is 11.3 Å². The molecule has 0 bridgehead atoms. The third kappa shape index (κ3) is 4.14. The van der Waals surface area contributed by atoms with Crippen LogP contribution in [0.1, 0.15) is 16.1 Å². The predicted molar refractivity (Wildman–Crippen MR) is 91.4 cm³/mol. The summed E-state index contributed by atoms with van der Waals surface area (Å²) in [6, 6.07) is 7.64. The fraction of sp³-hybridized carbons (Fsp3) is 0.286. The van der Waals surface area contributed by atoms with Gasteiger partial charge >= 0.3 is 0 Å². The number of methoxy groups -OCH3 is 1. The van der Waals surface area contributed by atoms with E-state index in [1.807, 2.05) is 24.3 Å². The first-order valence-electron chi connectivity index (χ1n) is 6.38. The van der Waals surface area contributed by atoms with Crippen molar-refractivity contribution in [2.24, 2.45) is 0 Å². The Morgan fingerprint density at radius 2 is 2.19 bits per heavy atom. The van der Waals surface area contributed by atoms with Crippen molar-refractivity contribution in [3.05, 3.63) is 34.2 Å². The zero-order chi connectivity index (χ0) is 15.2. The Balaban J connectivity index is 1.99. The van der Waals surface area contributed by atoms with Crippen LogP contribution in [0.5, 0.6) is 0 Å². The quantitative estimate of drug-likeness (QED) is 0.647. The zero-order valence-corrected chi connectivity index (χ0v) is 13.8. The number of carbonyl (C=O) groups excluding carboxylic acids is 1. The van der Waals surface area contributed by atoms with Crippen LogP contribution in [0.25, 0.3) is 10.1 Å². The van der Waals surface area contributed by atoms with E-state index in [0.29, 0.717) is 28.2 Å². The van der Waals surface area contributed by atoms with Gasteiger partial charge in [-0.1, -0.05) is 29.8 Å². The molecule has 2 aromatic rings. The van der Waals surface area contributed by atoms with E-state index in [2.05, 4.69) is 10.6 Å². The first-order chi connectivity index (χ1) is 10.1. The molecule has 0 aliphatic heterocycles. The Morgan fingerprint density at radius 3 is 2.90 bits per heavy atom. The summed E-state index contributed by atoms with van der Waals surface area (Å²) < 4.78 is 5.92. The first kappa shape index (κ1) is 16.2. The lowest BCUT2D eigenvalue weighted by Crippen LogP contribution is -2.39. The largest absolute Gasteiger partial charge is 0.385 e. The van der Waals surface area contributed by atoms with Crippen molar-refractivity contribution in [1.29, 1.82) is 0 Å². The number of rotatable bonds is 5. The van der Waals surface area contributed by atoms with Crippen molar-refractivity contribution in [3.8, 4) is 0 Å². The van der Waals surface area contributed by atoms with Crippen LogP contribution in [0.15, 0.2) is 24.3 Å². The lowest BCUT2D eigenvalue weighted by Gasteiger charge is -2.08. The van der Waals surface area contributed by atoms with Crippen molar-refractivity contribution in [3.63, 3.8) is 0 Å². The molecule has 0 atom stereocenters. The number of hydrogen-bond acceptors (Lipinski definition) is 4. The molecular weight excluding hydrogens is 328 g/mol. The van der Waals surface area contributed by atoms with E-state index < -0.39 is 0 Å². The molecule has 2 N–H and O–H groups in total. The molecule has 0 aliphatic carbocycles. The van der Waals surface area contributed by atoms with Crippen LogP contribution in [-0.2, 0) is 4.74 Å². The minimum Gasteiger partial charge on any atom is -0.385 e. The number of carbonyl (C=O) groups is 1. The monoisotopic (exact) mass is 342 g/mol. The zero-order valence-electron chi connectivity index (χ0n) is 11.4. The number of ether oxygens (including phenoxy) is 1. The maximum Gasteiger partial charge on any atom is 0.269 e. The Hall–Kier alpha value is -1.21. The summed E-state index contributed by atoms with van der Waals surface area (Å²) in [7, 11) is 1.64. The molecule has 0 saturated carbocycles. The second kappa shape index (κ2) is 7.70. The third-order valence-electron chi connectivity index (χ3n) is 2.78. The molecule has 0 saturated heterocycles. The van der Waals surface area contributed by atoms with Crippen LogP contribution in [-0.4, -0.2) is 31.3 Å². The number of benzene rings is 1. The van der Waals surface area contributed by atoms with Gasteiger partial charge in [0.2, 0.25) is 0 Å². The van der Waals surface area contributed by atoms with Crippen LogP contribution in [0.4, 0.5) is 0 Å². The van der Waals surface area contributed by atoms with Crippen LogP contribution >= 0.6 is 35.2 Å². The molecular formula is C14H15ClN2O2S2. The van der Waals surface area contributed by atoms with Gasteiger partial charge in [-0.3, -0.25) is 10.1 Å². The van der Waals surface area contributed by atoms with Crippen LogP contribution in [0, 0.1) is 0 Å². The number of amides is 1. The van der Waals surface area contributed by atoms with E-state index in [1.54, 1.807) is 7.11 Å². The summed E-state index contributed by atoms with van der Waals surface area (Å²) in [5, 5.41) is 7.24. The minimum atomic E-state index is -0.287. The summed E-state index contributed by atoms with van der Waals surface area (Å²) in [6.45, 7) is 1.29. The SMILES string of the molecule is COCCCNC(=S)NC(=O)c1sc2ccccc2c1Cl. The number of thiocarbonyl (C=S) groups is 1. The fourth-order valence-corrected chi connectivity index (χ4v) is 3.39. The average molecular weight is 343 g/mol. The van der Waals surface area contributed by atoms with Crippen LogP contribution in [0.3, 0.4) is 0 Å². The predicted octanol–water partition coefficient (Wildman–Crippen LogP) is 3.20. The van der Waals surface area contributed by atoms with Crippen molar-refractivity contribution < 1.29 is 9.53 Å². The molecule has 112 valence electrons. The molecule has 1 aromatic heterocycles. The summed E-state index contributed by atoms with van der Waals surface area (Å²) in [4.78, 5) is 12.7. The lowest BCUT2D eigenvalue weighted by molar-refractivity contribution is 0.0981. The Morgan fingerprint density at radius 1 is 1.43 bits per heavy atom. The van der Waals surface area contributed by atoms with E-state index in [1.165, 1.54) is 11.3 Å². The molecule has 1 aromatic carbocycles. The number of halogens is 1. The molecule has 21 heavy (non-hydrogen) atoms. The highest BCUT2D eigenvalue weighted by molar-refractivity contribution is 7.80. The van der Waals surface area contributed by atoms with E-state index in [-0.39, 0.29) is 5.91 Å². The molecule has 0 spiro atoms. The van der Waals surface area contributed by atoms with Gasteiger partial charge in [0.1, 0.15) is 4.88 Å². The van der Waals surface area contributed by atoms with Gasteiger partial charge in [0.05, 0.1) is 5.02 Å². The maximum atomic E-state index is 12.2. The number of fused-ring (bicyclic) bond motifs is 1. The highest BCUT2D eigenvalue weighted by atomic mass is 35.5. The summed E-state index contributed by atoms with van der Waals surface area (Å²) >= 11 is 12.7. The van der Waals surface area contributed by atoms with Gasteiger partial charge in [0.25, 0.3) is 5.91 Å². The lowest BCUT2D eigenvalue weighted by atomic mass is 10.2. The summed E-state index contributed by atoms with van der Waals surface area (Å²) in [5.41, 5.74) is 0. The number of thiophene rings is 1. The molecule has 7 heteroatoms. The Labute approximate surface area is 137 Å². The third-order valence-corrected chi connectivity index (χ3v) is 4.70. The summed E-state index contributed by atoms with van der Waals surface area (Å²) in [6.07, 6.45) is 0.816. The van der Waals surface area contributed by atoms with Gasteiger partial charge in [-0.05, 0) is 24.7 Å². The van der Waals surface area contributed by atoms with Crippen molar-refractivity contribution in [1.82, 2.24) is 10.6 Å². The number of hydrogen-bond donors (Lipinski definition) is 2. The first-order valence-corrected chi connectivity index (χ1v) is 7.99. The highest BCUT2D eigenvalue weighted by Crippen LogP contribution is 2.34. The molecule has 0 radical (unpaired) electrons. The minimum absolute atomic E-state index is 0.287. The molecule has 4 nitrogen and oxygen atoms in total. The van der Waals surface area contributed by atoms with E-state index in [4.69, 9.17) is 28.6 Å². The van der Waals surface area contributed by atoms with Gasteiger partial charge in [-0.2, -0.15) is 0 Å². The molecule has 1 heterocycles. The fourth-order valence-electron chi connectivity index (χ4n) is 1.78. The second-order valence-electron chi connectivity index (χ2n) is 4.30. The normalized spacial score (nSPS) is 10.6. The van der Waals surface area contributed by atoms with E-state index in [9.17, 15) is 4.79 Å². The molecule has 2 rings (SSSR count). The second-order valence-corrected chi connectivity index (χ2v) is 6.14. The van der Waals surface area contributed by atoms with Gasteiger partial charge in [-0.25, -0.2) is 0 Å². The van der Waals surface area contributed by atoms with Crippen molar-refractivity contribution in [2.75, 3.05) is 20.3 Å². The standard InChI is InChI=1S/C14H15ClN2O2S2/c1-19-8-4-7-16-14(20)17-13(18)12-11(15)9-5-2-3-6-10(9)21-12/h2-3,5-6H,4,7-8H2,1H3,(H2,16,17,18,20). The molecule has 1 amide bonds. The van der Waals surface area contributed by atoms with Crippen LogP contribution in [0.2, 0.25) is 5.02 Å².